The molecule has 0 fully saturated rings. The van der Waals surface area contributed by atoms with Gasteiger partial charge in [0.1, 0.15) is 0 Å². The summed E-state index contributed by atoms with van der Waals surface area (Å²) < 4.78 is 23.4. The first-order valence-electron chi connectivity index (χ1n) is 6.14. The van der Waals surface area contributed by atoms with Crippen molar-refractivity contribution in [2.75, 3.05) is 13.3 Å². The van der Waals surface area contributed by atoms with Gasteiger partial charge in [0.2, 0.25) is 0 Å². The van der Waals surface area contributed by atoms with E-state index in [0.29, 0.717) is 0 Å². The topological polar surface area (TPSA) is 59.1 Å². The molecule has 0 saturated heterocycles. The Kier molecular flexibility index (Phi) is 3.87. The van der Waals surface area contributed by atoms with Crippen LogP contribution < -0.4 is 5.32 Å². The van der Waals surface area contributed by atoms with Gasteiger partial charge in [-0.2, -0.15) is 0 Å². The van der Waals surface area contributed by atoms with Crippen molar-refractivity contribution in [1.82, 2.24) is 10.3 Å². The Morgan fingerprint density at radius 1 is 1.26 bits per heavy atom. The molecule has 0 aliphatic carbocycles. The molecule has 0 radical (unpaired) electrons. The van der Waals surface area contributed by atoms with Gasteiger partial charge < -0.3 is 5.32 Å². The minimum atomic E-state index is -3.10. The lowest BCUT2D eigenvalue weighted by Crippen LogP contribution is -2.32. The fourth-order valence-electron chi connectivity index (χ4n) is 2.20. The van der Waals surface area contributed by atoms with Gasteiger partial charge in [0.15, 0.2) is 9.84 Å². The molecular weight excluding hydrogens is 260 g/mol. The predicted octanol–water partition coefficient (Wildman–Crippen LogP) is 1.93. The summed E-state index contributed by atoms with van der Waals surface area (Å²) in [7, 11) is -1.33. The average molecular weight is 278 g/mol. The molecule has 1 aromatic carbocycles. The number of sulfone groups is 1. The lowest BCUT2D eigenvalue weighted by molar-refractivity contribution is 0.535. The standard InChI is InChI=1S/C14H18N2O2S/c1-10(19(3,17)18)14(15-2)12-7-6-11-5-4-8-16-13(11)9-12/h4-10,14-15H,1-3H3. The second-order valence-corrected chi connectivity index (χ2v) is 7.16. The number of aromatic nitrogens is 1. The molecule has 5 heteroatoms. The second-order valence-electron chi connectivity index (χ2n) is 4.76. The van der Waals surface area contributed by atoms with Gasteiger partial charge in [-0.05, 0) is 31.7 Å². The molecule has 4 nitrogen and oxygen atoms in total. The van der Waals surface area contributed by atoms with Crippen LogP contribution in [0.3, 0.4) is 0 Å². The number of hydrogen-bond donors (Lipinski definition) is 1. The molecule has 0 aliphatic heterocycles. The summed E-state index contributed by atoms with van der Waals surface area (Å²) in [6.45, 7) is 1.72. The van der Waals surface area contributed by atoms with Crippen LogP contribution in [-0.4, -0.2) is 32.0 Å². The Bertz CT molecular complexity index is 683. The normalized spacial score (nSPS) is 15.3. The van der Waals surface area contributed by atoms with Gasteiger partial charge >= 0.3 is 0 Å². The number of fused-ring (bicyclic) bond motifs is 1. The summed E-state index contributed by atoms with van der Waals surface area (Å²) in [6, 6.07) is 9.50. The van der Waals surface area contributed by atoms with Gasteiger partial charge in [-0.15, -0.1) is 0 Å². The lowest BCUT2D eigenvalue weighted by atomic mass is 10.0. The summed E-state index contributed by atoms with van der Waals surface area (Å²) in [5.74, 6) is 0. The van der Waals surface area contributed by atoms with Crippen LogP contribution in [0.4, 0.5) is 0 Å². The van der Waals surface area contributed by atoms with E-state index < -0.39 is 15.1 Å². The summed E-state index contributed by atoms with van der Waals surface area (Å²) >= 11 is 0. The lowest BCUT2D eigenvalue weighted by Gasteiger charge is -2.22. The molecule has 0 amide bonds. The molecule has 0 aliphatic rings. The molecule has 0 saturated carbocycles. The SMILES string of the molecule is CNC(c1ccc2cccnc2c1)C(C)S(C)(=O)=O. The first kappa shape index (κ1) is 14.0. The smallest absolute Gasteiger partial charge is 0.151 e. The minimum absolute atomic E-state index is 0.235. The highest BCUT2D eigenvalue weighted by Gasteiger charge is 2.26. The number of hydrogen-bond acceptors (Lipinski definition) is 4. The van der Waals surface area contributed by atoms with Crippen LogP contribution in [0.2, 0.25) is 0 Å². The number of benzene rings is 1. The third kappa shape index (κ3) is 2.93. The van der Waals surface area contributed by atoms with Gasteiger partial charge in [0.25, 0.3) is 0 Å². The average Bonchev–Trinajstić information content (AvgIpc) is 2.38. The van der Waals surface area contributed by atoms with E-state index >= 15 is 0 Å². The van der Waals surface area contributed by atoms with Gasteiger partial charge in [0, 0.05) is 23.9 Å². The van der Waals surface area contributed by atoms with E-state index in [1.54, 1.807) is 20.2 Å². The van der Waals surface area contributed by atoms with Crippen LogP contribution in [0.1, 0.15) is 18.5 Å². The first-order valence-corrected chi connectivity index (χ1v) is 8.10. The Balaban J connectivity index is 2.46. The summed E-state index contributed by atoms with van der Waals surface area (Å²) in [5.41, 5.74) is 1.81. The van der Waals surface area contributed by atoms with E-state index in [4.69, 9.17) is 0 Å². The van der Waals surface area contributed by atoms with Crippen LogP contribution in [0.5, 0.6) is 0 Å². The fourth-order valence-corrected chi connectivity index (χ4v) is 2.98. The van der Waals surface area contributed by atoms with Crippen molar-refractivity contribution in [2.24, 2.45) is 0 Å². The van der Waals surface area contributed by atoms with Gasteiger partial charge in [0.05, 0.1) is 10.8 Å². The van der Waals surface area contributed by atoms with Gasteiger partial charge in [-0.1, -0.05) is 18.2 Å². The van der Waals surface area contributed by atoms with Crippen molar-refractivity contribution in [2.45, 2.75) is 18.2 Å². The van der Waals surface area contributed by atoms with Crippen molar-refractivity contribution in [1.29, 1.82) is 0 Å². The van der Waals surface area contributed by atoms with Crippen LogP contribution in [0.15, 0.2) is 36.5 Å². The molecule has 19 heavy (non-hydrogen) atoms. The van der Waals surface area contributed by atoms with E-state index in [9.17, 15) is 8.42 Å². The monoisotopic (exact) mass is 278 g/mol. The van der Waals surface area contributed by atoms with E-state index in [-0.39, 0.29) is 6.04 Å². The number of pyridine rings is 1. The van der Waals surface area contributed by atoms with Crippen molar-refractivity contribution in [3.63, 3.8) is 0 Å². The van der Waals surface area contributed by atoms with Crippen molar-refractivity contribution in [3.8, 4) is 0 Å². The Morgan fingerprint density at radius 2 is 2.00 bits per heavy atom. The Morgan fingerprint density at radius 3 is 2.63 bits per heavy atom. The molecular formula is C14H18N2O2S. The third-order valence-electron chi connectivity index (χ3n) is 3.44. The molecule has 1 aromatic heterocycles. The molecule has 102 valence electrons. The maximum Gasteiger partial charge on any atom is 0.151 e. The molecule has 2 atom stereocenters. The number of nitrogens with zero attached hydrogens (tertiary/aromatic N) is 1. The zero-order valence-corrected chi connectivity index (χ0v) is 12.1. The highest BCUT2D eigenvalue weighted by Crippen LogP contribution is 2.24. The van der Waals surface area contributed by atoms with Gasteiger partial charge in [-0.25, -0.2) is 8.42 Å². The van der Waals surface area contributed by atoms with E-state index in [2.05, 4.69) is 10.3 Å². The molecule has 2 unspecified atom stereocenters. The molecule has 0 bridgehead atoms. The maximum atomic E-state index is 11.7. The van der Waals surface area contributed by atoms with Crippen LogP contribution in [-0.2, 0) is 9.84 Å². The fraction of sp³-hybridized carbons (Fsp3) is 0.357. The maximum absolute atomic E-state index is 11.7. The minimum Gasteiger partial charge on any atom is -0.312 e. The summed E-state index contributed by atoms with van der Waals surface area (Å²) in [5, 5.41) is 3.64. The number of rotatable bonds is 4. The Hall–Kier alpha value is -1.46. The van der Waals surface area contributed by atoms with Crippen LogP contribution in [0.25, 0.3) is 10.9 Å². The van der Waals surface area contributed by atoms with Crippen molar-refractivity contribution < 1.29 is 8.42 Å². The quantitative estimate of drug-likeness (QED) is 0.928. The summed E-state index contributed by atoms with van der Waals surface area (Å²) in [6.07, 6.45) is 3.00. The zero-order valence-electron chi connectivity index (χ0n) is 11.3. The van der Waals surface area contributed by atoms with Crippen molar-refractivity contribution >= 4 is 20.7 Å². The second kappa shape index (κ2) is 5.27. The predicted molar refractivity (Wildman–Crippen MR) is 77.8 cm³/mol. The highest BCUT2D eigenvalue weighted by atomic mass is 32.2. The van der Waals surface area contributed by atoms with Gasteiger partial charge in [-0.3, -0.25) is 4.98 Å². The molecule has 2 rings (SSSR count). The zero-order chi connectivity index (χ0) is 14.0. The molecule has 2 aromatic rings. The van der Waals surface area contributed by atoms with Crippen molar-refractivity contribution in [3.05, 3.63) is 42.1 Å². The third-order valence-corrected chi connectivity index (χ3v) is 5.07. The van der Waals surface area contributed by atoms with Crippen LogP contribution in [0, 0.1) is 0 Å². The highest BCUT2D eigenvalue weighted by molar-refractivity contribution is 7.91. The van der Waals surface area contributed by atoms with E-state index in [1.165, 1.54) is 6.26 Å². The molecule has 0 spiro atoms. The largest absolute Gasteiger partial charge is 0.312 e. The first-order chi connectivity index (χ1) is 8.93. The van der Waals surface area contributed by atoms with E-state index in [0.717, 1.165) is 16.5 Å². The van der Waals surface area contributed by atoms with Crippen LogP contribution >= 0.6 is 0 Å². The number of nitrogens with one attached hydrogen (secondary N) is 1. The molecule has 1 heterocycles. The van der Waals surface area contributed by atoms with E-state index in [1.807, 2.05) is 30.3 Å². The molecule has 1 N–H and O–H groups in total. The Labute approximate surface area is 113 Å². The summed E-state index contributed by atoms with van der Waals surface area (Å²) in [4.78, 5) is 4.30.